The van der Waals surface area contributed by atoms with E-state index >= 15 is 0 Å². The van der Waals surface area contributed by atoms with Crippen LogP contribution in [0, 0.1) is 6.92 Å². The van der Waals surface area contributed by atoms with Gasteiger partial charge in [-0.3, -0.25) is 14.9 Å². The van der Waals surface area contributed by atoms with Crippen LogP contribution in [0.1, 0.15) is 25.3 Å². The molecule has 2 rings (SSSR count). The molecule has 21 heavy (non-hydrogen) atoms. The summed E-state index contributed by atoms with van der Waals surface area (Å²) >= 11 is 5.90. The minimum absolute atomic E-state index is 0.0655. The molecule has 1 fully saturated rings. The Hall–Kier alpha value is -1.59. The molecule has 0 radical (unpaired) electrons. The van der Waals surface area contributed by atoms with Crippen molar-refractivity contribution < 1.29 is 9.59 Å². The Morgan fingerprint density at radius 1 is 1.38 bits per heavy atom. The van der Waals surface area contributed by atoms with Gasteiger partial charge in [-0.2, -0.15) is 0 Å². The number of benzene rings is 1. The Balaban J connectivity index is 1.78. The lowest BCUT2D eigenvalue weighted by molar-refractivity contribution is -0.123. The first-order chi connectivity index (χ1) is 9.95. The van der Waals surface area contributed by atoms with E-state index in [9.17, 15) is 9.59 Å². The second-order valence-corrected chi connectivity index (χ2v) is 5.83. The zero-order valence-corrected chi connectivity index (χ0v) is 13.0. The van der Waals surface area contributed by atoms with Crippen LogP contribution in [0.3, 0.4) is 0 Å². The number of rotatable bonds is 6. The van der Waals surface area contributed by atoms with Crippen molar-refractivity contribution in [3.05, 3.63) is 28.8 Å². The molecule has 1 aromatic rings. The van der Waals surface area contributed by atoms with Gasteiger partial charge in [0.05, 0.1) is 12.6 Å². The van der Waals surface area contributed by atoms with Gasteiger partial charge < -0.3 is 10.6 Å². The predicted octanol–water partition coefficient (Wildman–Crippen LogP) is 1.84. The zero-order valence-electron chi connectivity index (χ0n) is 12.2. The summed E-state index contributed by atoms with van der Waals surface area (Å²) in [6, 6.07) is 5.26. The van der Waals surface area contributed by atoms with Crippen molar-refractivity contribution in [3.8, 4) is 0 Å². The highest BCUT2D eigenvalue weighted by molar-refractivity contribution is 6.31. The van der Waals surface area contributed by atoms with Gasteiger partial charge in [-0.15, -0.1) is 0 Å². The summed E-state index contributed by atoms with van der Waals surface area (Å²) in [5.74, 6) is -0.268. The molecule has 0 spiro atoms. The minimum Gasteiger partial charge on any atom is -0.352 e. The van der Waals surface area contributed by atoms with Crippen molar-refractivity contribution >= 4 is 29.1 Å². The summed E-state index contributed by atoms with van der Waals surface area (Å²) in [5, 5.41) is 9.16. The number of nitrogens with one attached hydrogen (secondary N) is 3. The number of aryl methyl sites for hydroxylation is 1. The smallest absolute Gasteiger partial charge is 0.238 e. The van der Waals surface area contributed by atoms with Crippen molar-refractivity contribution in [1.29, 1.82) is 0 Å². The average molecular weight is 310 g/mol. The van der Waals surface area contributed by atoms with E-state index in [1.165, 1.54) is 0 Å². The molecule has 114 valence electrons. The van der Waals surface area contributed by atoms with Crippen molar-refractivity contribution in [2.45, 2.75) is 38.8 Å². The topological polar surface area (TPSA) is 70.2 Å². The molecule has 0 heterocycles. The van der Waals surface area contributed by atoms with Crippen molar-refractivity contribution in [3.63, 3.8) is 0 Å². The van der Waals surface area contributed by atoms with Gasteiger partial charge in [-0.25, -0.2) is 0 Å². The Morgan fingerprint density at radius 3 is 2.76 bits per heavy atom. The van der Waals surface area contributed by atoms with Crippen LogP contribution < -0.4 is 16.0 Å². The summed E-state index contributed by atoms with van der Waals surface area (Å²) < 4.78 is 0. The molecule has 1 saturated carbocycles. The van der Waals surface area contributed by atoms with Crippen LogP contribution in [-0.2, 0) is 9.59 Å². The van der Waals surface area contributed by atoms with E-state index in [2.05, 4.69) is 16.0 Å². The molecule has 3 N–H and O–H groups in total. The van der Waals surface area contributed by atoms with Gasteiger partial charge in [0, 0.05) is 16.8 Å². The standard InChI is InChI=1S/C15H20ClN3O2/c1-9-3-4-11(16)7-13(9)19-14(20)8-17-10(2)15(21)18-12-5-6-12/h3-4,7,10,12,17H,5-6,8H2,1-2H3,(H,18,21)(H,19,20). The molecular weight excluding hydrogens is 290 g/mol. The SMILES string of the molecule is Cc1ccc(Cl)cc1NC(=O)CNC(C)C(=O)NC1CC1. The third-order valence-electron chi connectivity index (χ3n) is 3.36. The molecule has 6 heteroatoms. The summed E-state index contributed by atoms with van der Waals surface area (Å²) in [4.78, 5) is 23.6. The molecular formula is C15H20ClN3O2. The first-order valence-electron chi connectivity index (χ1n) is 7.05. The van der Waals surface area contributed by atoms with E-state index in [0.717, 1.165) is 18.4 Å². The summed E-state index contributed by atoms with van der Waals surface area (Å²) in [6.07, 6.45) is 2.10. The molecule has 1 atom stereocenters. The number of hydrogen-bond acceptors (Lipinski definition) is 3. The molecule has 0 bridgehead atoms. The second-order valence-electron chi connectivity index (χ2n) is 5.39. The predicted molar refractivity (Wildman–Crippen MR) is 83.4 cm³/mol. The van der Waals surface area contributed by atoms with Crippen molar-refractivity contribution in [2.24, 2.45) is 0 Å². The number of amides is 2. The molecule has 0 aromatic heterocycles. The Bertz CT molecular complexity index is 544. The highest BCUT2D eigenvalue weighted by atomic mass is 35.5. The maximum absolute atomic E-state index is 11.9. The minimum atomic E-state index is -0.392. The number of anilines is 1. The lowest BCUT2D eigenvalue weighted by atomic mass is 10.2. The monoisotopic (exact) mass is 309 g/mol. The van der Waals surface area contributed by atoms with E-state index in [-0.39, 0.29) is 18.4 Å². The second kappa shape index (κ2) is 6.91. The van der Waals surface area contributed by atoms with Gasteiger partial charge in [-0.05, 0) is 44.4 Å². The lowest BCUT2D eigenvalue weighted by Crippen LogP contribution is -2.45. The molecule has 1 aliphatic rings. The molecule has 5 nitrogen and oxygen atoms in total. The van der Waals surface area contributed by atoms with Gasteiger partial charge >= 0.3 is 0 Å². The van der Waals surface area contributed by atoms with Gasteiger partial charge in [0.25, 0.3) is 0 Å². The van der Waals surface area contributed by atoms with Gasteiger partial charge in [0.15, 0.2) is 0 Å². The van der Waals surface area contributed by atoms with E-state index in [0.29, 0.717) is 16.8 Å². The number of carbonyl (C=O) groups excluding carboxylic acids is 2. The van der Waals surface area contributed by atoms with E-state index < -0.39 is 6.04 Å². The normalized spacial score (nSPS) is 15.4. The fraction of sp³-hybridized carbons (Fsp3) is 0.467. The number of halogens is 1. The van der Waals surface area contributed by atoms with Crippen molar-refractivity contribution in [1.82, 2.24) is 10.6 Å². The highest BCUT2D eigenvalue weighted by Crippen LogP contribution is 2.20. The van der Waals surface area contributed by atoms with E-state index in [1.54, 1.807) is 19.1 Å². The number of hydrogen-bond donors (Lipinski definition) is 3. The summed E-state index contributed by atoms with van der Waals surface area (Å²) in [6.45, 7) is 3.71. The zero-order chi connectivity index (χ0) is 15.4. The average Bonchev–Trinajstić information content (AvgIpc) is 3.24. The van der Waals surface area contributed by atoms with Crippen LogP contribution in [0.15, 0.2) is 18.2 Å². The Kier molecular flexibility index (Phi) is 5.20. The Labute approximate surface area is 129 Å². The summed E-state index contributed by atoms with van der Waals surface area (Å²) in [7, 11) is 0. The van der Waals surface area contributed by atoms with Crippen LogP contribution in [0.4, 0.5) is 5.69 Å². The molecule has 0 saturated heterocycles. The van der Waals surface area contributed by atoms with Gasteiger partial charge in [-0.1, -0.05) is 17.7 Å². The van der Waals surface area contributed by atoms with Crippen LogP contribution in [0.2, 0.25) is 5.02 Å². The first-order valence-corrected chi connectivity index (χ1v) is 7.43. The molecule has 1 aliphatic carbocycles. The largest absolute Gasteiger partial charge is 0.352 e. The number of carbonyl (C=O) groups is 2. The molecule has 2 amide bonds. The molecule has 1 unspecified atom stereocenters. The van der Waals surface area contributed by atoms with Gasteiger partial charge in [0.1, 0.15) is 0 Å². The molecule has 0 aliphatic heterocycles. The lowest BCUT2D eigenvalue weighted by Gasteiger charge is -2.14. The van der Waals surface area contributed by atoms with Gasteiger partial charge in [0.2, 0.25) is 11.8 Å². The quantitative estimate of drug-likeness (QED) is 0.751. The van der Waals surface area contributed by atoms with Crippen molar-refractivity contribution in [2.75, 3.05) is 11.9 Å². The van der Waals surface area contributed by atoms with E-state index in [1.807, 2.05) is 13.0 Å². The molecule has 1 aromatic carbocycles. The third-order valence-corrected chi connectivity index (χ3v) is 3.59. The Morgan fingerprint density at radius 2 is 2.10 bits per heavy atom. The maximum atomic E-state index is 11.9. The first kappa shape index (κ1) is 15.8. The van der Waals surface area contributed by atoms with Crippen LogP contribution >= 0.6 is 11.6 Å². The van der Waals surface area contributed by atoms with Crippen LogP contribution in [0.5, 0.6) is 0 Å². The third kappa shape index (κ3) is 5.02. The van der Waals surface area contributed by atoms with Crippen LogP contribution in [-0.4, -0.2) is 30.4 Å². The fourth-order valence-corrected chi connectivity index (χ4v) is 1.99. The summed E-state index contributed by atoms with van der Waals surface area (Å²) in [5.41, 5.74) is 1.62. The fourth-order valence-electron chi connectivity index (χ4n) is 1.82. The highest BCUT2D eigenvalue weighted by Gasteiger charge is 2.25. The van der Waals surface area contributed by atoms with Crippen LogP contribution in [0.25, 0.3) is 0 Å². The van der Waals surface area contributed by atoms with E-state index in [4.69, 9.17) is 11.6 Å². The maximum Gasteiger partial charge on any atom is 0.238 e.